The van der Waals surface area contributed by atoms with Crippen LogP contribution in [0.25, 0.3) is 0 Å². The van der Waals surface area contributed by atoms with Crippen molar-refractivity contribution in [2.24, 2.45) is 0 Å². The molecule has 6 heteroatoms. The normalized spacial score (nSPS) is 10.0. The number of carbonyl (C=O) groups excluding carboxylic acids is 3. The second-order valence-corrected chi connectivity index (χ2v) is 5.40. The van der Waals surface area contributed by atoms with E-state index >= 15 is 0 Å². The number of rotatable bonds is 6. The van der Waals surface area contributed by atoms with Crippen LogP contribution in [0.5, 0.6) is 0 Å². The molecule has 2 rings (SSSR count). The van der Waals surface area contributed by atoms with Gasteiger partial charge in [-0.25, -0.2) is 4.79 Å². The van der Waals surface area contributed by atoms with E-state index in [1.54, 1.807) is 55.5 Å². The predicted molar refractivity (Wildman–Crippen MR) is 95.5 cm³/mol. The zero-order chi connectivity index (χ0) is 18.2. The van der Waals surface area contributed by atoms with Gasteiger partial charge in [0.05, 0.1) is 18.6 Å². The highest BCUT2D eigenvalue weighted by atomic mass is 16.5. The SMILES string of the molecule is CCOC(=O)c1cccc(NC(=O)Cc2ccc(NC(C)=O)cc2)c1. The lowest BCUT2D eigenvalue weighted by Gasteiger charge is -2.08. The molecule has 2 aromatic carbocycles. The van der Waals surface area contributed by atoms with Gasteiger partial charge in [-0.1, -0.05) is 18.2 Å². The summed E-state index contributed by atoms with van der Waals surface area (Å²) in [5.74, 6) is -0.771. The number of ether oxygens (including phenoxy) is 1. The second-order valence-electron chi connectivity index (χ2n) is 5.40. The fourth-order valence-corrected chi connectivity index (χ4v) is 2.24. The number of carbonyl (C=O) groups is 3. The highest BCUT2D eigenvalue weighted by Gasteiger charge is 2.09. The minimum atomic E-state index is -0.424. The Morgan fingerprint density at radius 2 is 1.68 bits per heavy atom. The van der Waals surface area contributed by atoms with E-state index in [0.29, 0.717) is 23.5 Å². The predicted octanol–water partition coefficient (Wildman–Crippen LogP) is 3.00. The number of esters is 1. The quantitative estimate of drug-likeness (QED) is 0.792. The molecule has 0 heterocycles. The Balaban J connectivity index is 1.97. The fourth-order valence-electron chi connectivity index (χ4n) is 2.24. The molecule has 2 aromatic rings. The molecule has 0 atom stereocenters. The van der Waals surface area contributed by atoms with Crippen molar-refractivity contribution in [2.45, 2.75) is 20.3 Å². The van der Waals surface area contributed by atoms with Crippen LogP contribution in [0.2, 0.25) is 0 Å². The lowest BCUT2D eigenvalue weighted by Crippen LogP contribution is -2.15. The Hall–Kier alpha value is -3.15. The van der Waals surface area contributed by atoms with E-state index < -0.39 is 5.97 Å². The smallest absolute Gasteiger partial charge is 0.338 e. The minimum Gasteiger partial charge on any atom is -0.462 e. The van der Waals surface area contributed by atoms with E-state index in [4.69, 9.17) is 4.74 Å². The molecular formula is C19H20N2O4. The van der Waals surface area contributed by atoms with Crippen LogP contribution in [-0.4, -0.2) is 24.4 Å². The van der Waals surface area contributed by atoms with Crippen molar-refractivity contribution in [2.75, 3.05) is 17.2 Å². The Morgan fingerprint density at radius 3 is 2.32 bits per heavy atom. The van der Waals surface area contributed by atoms with Crippen LogP contribution in [0, 0.1) is 0 Å². The molecule has 6 nitrogen and oxygen atoms in total. The van der Waals surface area contributed by atoms with Gasteiger partial charge in [-0.05, 0) is 42.8 Å². The number of benzene rings is 2. The van der Waals surface area contributed by atoms with Crippen LogP contribution in [0.3, 0.4) is 0 Å². The molecule has 2 N–H and O–H groups in total. The first-order chi connectivity index (χ1) is 12.0. The summed E-state index contributed by atoms with van der Waals surface area (Å²) in [4.78, 5) is 34.9. The number of nitrogens with one attached hydrogen (secondary N) is 2. The molecule has 2 amide bonds. The van der Waals surface area contributed by atoms with E-state index in [2.05, 4.69) is 10.6 Å². The molecule has 0 saturated heterocycles. The van der Waals surface area contributed by atoms with E-state index in [0.717, 1.165) is 5.56 Å². The molecule has 0 aromatic heterocycles. The first-order valence-electron chi connectivity index (χ1n) is 7.91. The monoisotopic (exact) mass is 340 g/mol. The van der Waals surface area contributed by atoms with Crippen molar-refractivity contribution < 1.29 is 19.1 Å². The fraction of sp³-hybridized carbons (Fsp3) is 0.211. The molecule has 0 fully saturated rings. The van der Waals surface area contributed by atoms with Gasteiger partial charge in [0.25, 0.3) is 0 Å². The van der Waals surface area contributed by atoms with Crippen LogP contribution >= 0.6 is 0 Å². The van der Waals surface area contributed by atoms with Gasteiger partial charge in [-0.3, -0.25) is 9.59 Å². The third kappa shape index (κ3) is 5.76. The van der Waals surface area contributed by atoms with E-state index in [9.17, 15) is 14.4 Å². The van der Waals surface area contributed by atoms with Crippen molar-refractivity contribution in [3.05, 3.63) is 59.7 Å². The Labute approximate surface area is 146 Å². The van der Waals surface area contributed by atoms with Crippen molar-refractivity contribution in [3.63, 3.8) is 0 Å². The summed E-state index contributed by atoms with van der Waals surface area (Å²) >= 11 is 0. The van der Waals surface area contributed by atoms with Crippen LogP contribution in [-0.2, 0) is 20.7 Å². The highest BCUT2D eigenvalue weighted by Crippen LogP contribution is 2.14. The van der Waals surface area contributed by atoms with Crippen molar-refractivity contribution >= 4 is 29.2 Å². The molecular weight excluding hydrogens is 320 g/mol. The van der Waals surface area contributed by atoms with Crippen LogP contribution < -0.4 is 10.6 Å². The third-order valence-corrected chi connectivity index (χ3v) is 3.30. The molecule has 0 saturated carbocycles. The second kappa shape index (κ2) is 8.63. The summed E-state index contributed by atoms with van der Waals surface area (Å²) in [6.45, 7) is 3.47. The van der Waals surface area contributed by atoms with Gasteiger partial charge in [0.15, 0.2) is 0 Å². The summed E-state index contributed by atoms with van der Waals surface area (Å²) in [5, 5.41) is 5.43. The zero-order valence-electron chi connectivity index (χ0n) is 14.2. The van der Waals surface area contributed by atoms with Gasteiger partial charge < -0.3 is 15.4 Å². The number of hydrogen-bond acceptors (Lipinski definition) is 4. The van der Waals surface area contributed by atoms with Crippen molar-refractivity contribution in [1.82, 2.24) is 0 Å². The number of hydrogen-bond donors (Lipinski definition) is 2. The lowest BCUT2D eigenvalue weighted by molar-refractivity contribution is -0.116. The topological polar surface area (TPSA) is 84.5 Å². The summed E-state index contributed by atoms with van der Waals surface area (Å²) in [5.41, 5.74) is 2.41. The van der Waals surface area contributed by atoms with Crippen LogP contribution in [0.4, 0.5) is 11.4 Å². The maximum absolute atomic E-state index is 12.2. The molecule has 0 spiro atoms. The summed E-state index contributed by atoms with van der Waals surface area (Å²) in [7, 11) is 0. The average molecular weight is 340 g/mol. The maximum atomic E-state index is 12.2. The Kier molecular flexibility index (Phi) is 6.28. The van der Waals surface area contributed by atoms with Gasteiger partial charge in [0.2, 0.25) is 11.8 Å². The van der Waals surface area contributed by atoms with Gasteiger partial charge in [0.1, 0.15) is 0 Å². The van der Waals surface area contributed by atoms with E-state index in [1.807, 2.05) is 0 Å². The van der Waals surface area contributed by atoms with Gasteiger partial charge >= 0.3 is 5.97 Å². The Morgan fingerprint density at radius 1 is 0.960 bits per heavy atom. The minimum absolute atomic E-state index is 0.146. The highest BCUT2D eigenvalue weighted by molar-refractivity contribution is 5.95. The maximum Gasteiger partial charge on any atom is 0.338 e. The van der Waals surface area contributed by atoms with Crippen LogP contribution in [0.15, 0.2) is 48.5 Å². The van der Waals surface area contributed by atoms with Gasteiger partial charge in [-0.15, -0.1) is 0 Å². The van der Waals surface area contributed by atoms with E-state index in [-0.39, 0.29) is 18.2 Å². The molecule has 0 unspecified atom stereocenters. The molecule has 0 radical (unpaired) electrons. The first kappa shape index (κ1) is 18.2. The first-order valence-corrected chi connectivity index (χ1v) is 7.91. The average Bonchev–Trinajstić information content (AvgIpc) is 2.56. The summed E-state index contributed by atoms with van der Waals surface area (Å²) in [6.07, 6.45) is 0.185. The zero-order valence-corrected chi connectivity index (χ0v) is 14.2. The number of anilines is 2. The van der Waals surface area contributed by atoms with Crippen molar-refractivity contribution in [3.8, 4) is 0 Å². The molecule has 25 heavy (non-hydrogen) atoms. The van der Waals surface area contributed by atoms with Gasteiger partial charge in [0, 0.05) is 18.3 Å². The molecule has 0 aliphatic carbocycles. The molecule has 130 valence electrons. The standard InChI is InChI=1S/C19H20N2O4/c1-3-25-19(24)15-5-4-6-17(12-15)21-18(23)11-14-7-9-16(10-8-14)20-13(2)22/h4-10,12H,3,11H2,1-2H3,(H,20,22)(H,21,23). The van der Waals surface area contributed by atoms with E-state index in [1.165, 1.54) is 6.92 Å². The van der Waals surface area contributed by atoms with Crippen molar-refractivity contribution in [1.29, 1.82) is 0 Å². The lowest BCUT2D eigenvalue weighted by atomic mass is 10.1. The molecule has 0 bridgehead atoms. The molecule has 0 aliphatic heterocycles. The van der Waals surface area contributed by atoms with Gasteiger partial charge in [-0.2, -0.15) is 0 Å². The third-order valence-electron chi connectivity index (χ3n) is 3.30. The summed E-state index contributed by atoms with van der Waals surface area (Å²) < 4.78 is 4.94. The van der Waals surface area contributed by atoms with Crippen LogP contribution in [0.1, 0.15) is 29.8 Å². The number of amides is 2. The molecule has 0 aliphatic rings. The Bertz CT molecular complexity index is 769. The summed E-state index contributed by atoms with van der Waals surface area (Å²) in [6, 6.07) is 13.6. The largest absolute Gasteiger partial charge is 0.462 e.